The minimum absolute atomic E-state index is 0.143. The van der Waals surface area contributed by atoms with Crippen molar-refractivity contribution in [2.75, 3.05) is 25.0 Å². The number of hydrogen-bond acceptors (Lipinski definition) is 3. The van der Waals surface area contributed by atoms with Crippen LogP contribution in [0.15, 0.2) is 24.3 Å². The predicted molar refractivity (Wildman–Crippen MR) is 75.3 cm³/mol. The van der Waals surface area contributed by atoms with E-state index in [1.807, 2.05) is 18.2 Å². The molecule has 0 bridgehead atoms. The summed E-state index contributed by atoms with van der Waals surface area (Å²) in [6.45, 7) is 8.07. The predicted octanol–water partition coefficient (Wildman–Crippen LogP) is 2.42. The molecule has 0 spiro atoms. The van der Waals surface area contributed by atoms with Crippen LogP contribution in [0.2, 0.25) is 0 Å². The molecule has 18 heavy (non-hydrogen) atoms. The fourth-order valence-electron chi connectivity index (χ4n) is 2.65. The van der Waals surface area contributed by atoms with Crippen molar-refractivity contribution in [2.24, 2.45) is 0 Å². The molecule has 1 aliphatic rings. The Bertz CT molecular complexity index is 432. The number of para-hydroxylation sites is 1. The van der Waals surface area contributed by atoms with Crippen LogP contribution < -0.4 is 4.90 Å². The molecule has 2 rings (SSSR count). The number of nitrogens with zero attached hydrogens (tertiary/aromatic N) is 2. The van der Waals surface area contributed by atoms with Gasteiger partial charge in [-0.15, -0.1) is 0 Å². The van der Waals surface area contributed by atoms with Crippen molar-refractivity contribution in [3.8, 4) is 0 Å². The average molecular weight is 246 g/mol. The Morgan fingerprint density at radius 3 is 2.28 bits per heavy atom. The molecule has 0 N–H and O–H groups in total. The summed E-state index contributed by atoms with van der Waals surface area (Å²) < 4.78 is 0. The Labute approximate surface area is 109 Å². The van der Waals surface area contributed by atoms with E-state index in [4.69, 9.17) is 0 Å². The van der Waals surface area contributed by atoms with E-state index in [9.17, 15) is 4.79 Å². The summed E-state index contributed by atoms with van der Waals surface area (Å²) in [4.78, 5) is 16.4. The Balaban J connectivity index is 2.30. The van der Waals surface area contributed by atoms with Gasteiger partial charge in [-0.3, -0.25) is 9.69 Å². The van der Waals surface area contributed by atoms with Crippen molar-refractivity contribution in [2.45, 2.75) is 32.9 Å². The molecule has 1 aromatic carbocycles. The zero-order valence-corrected chi connectivity index (χ0v) is 11.7. The van der Waals surface area contributed by atoms with Gasteiger partial charge in [0.1, 0.15) is 0 Å². The molecule has 1 saturated heterocycles. The average Bonchev–Trinajstić information content (AvgIpc) is 2.35. The Hall–Kier alpha value is -1.35. The van der Waals surface area contributed by atoms with Crippen molar-refractivity contribution in [3.63, 3.8) is 0 Å². The third-order valence-electron chi connectivity index (χ3n) is 3.98. The van der Waals surface area contributed by atoms with E-state index in [1.54, 1.807) is 6.92 Å². The van der Waals surface area contributed by atoms with Crippen LogP contribution in [0.3, 0.4) is 0 Å². The molecule has 0 aromatic heterocycles. The highest BCUT2D eigenvalue weighted by atomic mass is 16.1. The van der Waals surface area contributed by atoms with Crippen LogP contribution >= 0.6 is 0 Å². The fourth-order valence-corrected chi connectivity index (χ4v) is 2.65. The molecule has 0 aliphatic carbocycles. The Morgan fingerprint density at radius 1 is 1.17 bits per heavy atom. The van der Waals surface area contributed by atoms with Gasteiger partial charge in [-0.2, -0.15) is 0 Å². The first-order valence-electron chi connectivity index (χ1n) is 6.57. The van der Waals surface area contributed by atoms with Crippen molar-refractivity contribution >= 4 is 11.5 Å². The monoisotopic (exact) mass is 246 g/mol. The van der Waals surface area contributed by atoms with Crippen molar-refractivity contribution in [3.05, 3.63) is 29.8 Å². The first kappa shape index (κ1) is 13.1. The maximum absolute atomic E-state index is 11.7. The molecular formula is C15H22N2O. The summed E-state index contributed by atoms with van der Waals surface area (Å²) in [6, 6.07) is 8.94. The van der Waals surface area contributed by atoms with E-state index in [0.717, 1.165) is 24.3 Å². The first-order chi connectivity index (χ1) is 8.50. The highest BCUT2D eigenvalue weighted by molar-refractivity contribution is 5.99. The summed E-state index contributed by atoms with van der Waals surface area (Å²) >= 11 is 0. The number of hydrogen-bond donors (Lipinski definition) is 0. The molecule has 3 heteroatoms. The second kappa shape index (κ2) is 5.11. The molecule has 1 aromatic rings. The van der Waals surface area contributed by atoms with Gasteiger partial charge in [-0.25, -0.2) is 0 Å². The minimum Gasteiger partial charge on any atom is -0.368 e. The fraction of sp³-hybridized carbons (Fsp3) is 0.533. The van der Waals surface area contributed by atoms with Gasteiger partial charge in [0.05, 0.1) is 0 Å². The second-order valence-electron chi connectivity index (χ2n) is 5.34. The van der Waals surface area contributed by atoms with Crippen LogP contribution in [0.5, 0.6) is 0 Å². The summed E-state index contributed by atoms with van der Waals surface area (Å²) in [5, 5.41) is 0. The third kappa shape index (κ3) is 2.41. The van der Waals surface area contributed by atoms with E-state index in [1.165, 1.54) is 0 Å². The van der Waals surface area contributed by atoms with Gasteiger partial charge in [-0.05, 0) is 40.0 Å². The molecule has 2 atom stereocenters. The van der Waals surface area contributed by atoms with Gasteiger partial charge in [0.15, 0.2) is 5.78 Å². The van der Waals surface area contributed by atoms with Crippen molar-refractivity contribution in [1.82, 2.24) is 4.90 Å². The molecule has 0 amide bonds. The standard InChI is InChI=1S/C15H22N2O/c1-11-9-17(10-12(2)16(11)4)15-8-6-5-7-14(15)13(3)18/h5-8,11-12H,9-10H2,1-4H3. The van der Waals surface area contributed by atoms with Crippen LogP contribution in [0.4, 0.5) is 5.69 Å². The van der Waals surface area contributed by atoms with E-state index in [-0.39, 0.29) is 5.78 Å². The summed E-state index contributed by atoms with van der Waals surface area (Å²) in [5.41, 5.74) is 1.92. The van der Waals surface area contributed by atoms with Crippen LogP contribution in [0, 0.1) is 0 Å². The van der Waals surface area contributed by atoms with Gasteiger partial charge in [0.2, 0.25) is 0 Å². The SMILES string of the molecule is CC(=O)c1ccccc1N1CC(C)N(C)C(C)C1. The number of rotatable bonds is 2. The molecule has 3 nitrogen and oxygen atoms in total. The number of benzene rings is 1. The lowest BCUT2D eigenvalue weighted by molar-refractivity contribution is 0.101. The second-order valence-corrected chi connectivity index (χ2v) is 5.34. The van der Waals surface area contributed by atoms with E-state index in [0.29, 0.717) is 12.1 Å². The zero-order chi connectivity index (χ0) is 13.3. The molecule has 0 saturated carbocycles. The molecule has 2 unspecified atom stereocenters. The molecular weight excluding hydrogens is 224 g/mol. The number of carbonyl (C=O) groups is 1. The maximum Gasteiger partial charge on any atom is 0.161 e. The molecule has 1 fully saturated rings. The van der Waals surface area contributed by atoms with Gasteiger partial charge in [0.25, 0.3) is 0 Å². The molecule has 0 radical (unpaired) electrons. The Morgan fingerprint density at radius 2 is 1.72 bits per heavy atom. The first-order valence-corrected chi connectivity index (χ1v) is 6.57. The van der Waals surface area contributed by atoms with E-state index in [2.05, 4.69) is 36.8 Å². The highest BCUT2D eigenvalue weighted by Gasteiger charge is 2.27. The normalized spacial score (nSPS) is 25.2. The lowest BCUT2D eigenvalue weighted by atomic mass is 10.0. The number of Topliss-reactive ketones (excluding diaryl/α,β-unsaturated/α-hetero) is 1. The number of likely N-dealkylation sites (N-methyl/N-ethyl adjacent to an activating group) is 1. The molecule has 1 aliphatic heterocycles. The third-order valence-corrected chi connectivity index (χ3v) is 3.98. The van der Waals surface area contributed by atoms with Gasteiger partial charge < -0.3 is 4.90 Å². The zero-order valence-electron chi connectivity index (χ0n) is 11.7. The van der Waals surface area contributed by atoms with Crippen LogP contribution in [0.25, 0.3) is 0 Å². The maximum atomic E-state index is 11.7. The van der Waals surface area contributed by atoms with Gasteiger partial charge >= 0.3 is 0 Å². The lowest BCUT2D eigenvalue weighted by Gasteiger charge is -2.44. The van der Waals surface area contributed by atoms with Crippen molar-refractivity contribution < 1.29 is 4.79 Å². The number of carbonyl (C=O) groups excluding carboxylic acids is 1. The quantitative estimate of drug-likeness (QED) is 0.749. The Kier molecular flexibility index (Phi) is 3.71. The highest BCUT2D eigenvalue weighted by Crippen LogP contribution is 2.25. The largest absolute Gasteiger partial charge is 0.368 e. The smallest absolute Gasteiger partial charge is 0.161 e. The molecule has 1 heterocycles. The summed E-state index contributed by atoms with van der Waals surface area (Å²) in [6.07, 6.45) is 0. The minimum atomic E-state index is 0.143. The lowest BCUT2D eigenvalue weighted by Crippen LogP contribution is -2.55. The van der Waals surface area contributed by atoms with Crippen LogP contribution in [-0.4, -0.2) is 42.9 Å². The molecule has 98 valence electrons. The number of piperazine rings is 1. The van der Waals surface area contributed by atoms with Crippen molar-refractivity contribution in [1.29, 1.82) is 0 Å². The number of ketones is 1. The van der Waals surface area contributed by atoms with Gasteiger partial charge in [-0.1, -0.05) is 12.1 Å². The summed E-state index contributed by atoms with van der Waals surface area (Å²) in [5.74, 6) is 0.143. The van der Waals surface area contributed by atoms with Crippen LogP contribution in [0.1, 0.15) is 31.1 Å². The number of anilines is 1. The van der Waals surface area contributed by atoms with E-state index < -0.39 is 0 Å². The van der Waals surface area contributed by atoms with Gasteiger partial charge in [0, 0.05) is 36.4 Å². The topological polar surface area (TPSA) is 23.6 Å². The van der Waals surface area contributed by atoms with Crippen LogP contribution in [-0.2, 0) is 0 Å². The summed E-state index contributed by atoms with van der Waals surface area (Å²) in [7, 11) is 2.17. The van der Waals surface area contributed by atoms with E-state index >= 15 is 0 Å².